The van der Waals surface area contributed by atoms with Gasteiger partial charge in [0.15, 0.2) is 5.16 Å². The van der Waals surface area contributed by atoms with Crippen LogP contribution in [-0.4, -0.2) is 32.3 Å². The highest BCUT2D eigenvalue weighted by Gasteiger charge is 2.04. The van der Waals surface area contributed by atoms with Crippen molar-refractivity contribution in [3.63, 3.8) is 0 Å². The molecule has 2 rings (SSSR count). The van der Waals surface area contributed by atoms with E-state index in [1.807, 2.05) is 24.1 Å². The van der Waals surface area contributed by atoms with Crippen LogP contribution in [0.5, 0.6) is 0 Å². The zero-order chi connectivity index (χ0) is 13.7. The maximum absolute atomic E-state index is 5.38. The lowest BCUT2D eigenvalue weighted by atomic mass is 10.4. The number of thioether (sulfide) groups is 1. The van der Waals surface area contributed by atoms with E-state index in [1.165, 1.54) is 11.8 Å². The largest absolute Gasteiger partial charge is 0.369 e. The van der Waals surface area contributed by atoms with Crippen molar-refractivity contribution in [2.45, 2.75) is 11.6 Å². The average molecular weight is 279 g/mol. The fraction of sp³-hybridized carbons (Fsp3) is 0.364. The number of nitrogens with one attached hydrogen (secondary N) is 2. The zero-order valence-electron chi connectivity index (χ0n) is 10.9. The van der Waals surface area contributed by atoms with Gasteiger partial charge in [0, 0.05) is 38.5 Å². The molecule has 4 N–H and O–H groups in total. The van der Waals surface area contributed by atoms with E-state index in [0.29, 0.717) is 11.0 Å². The van der Waals surface area contributed by atoms with Gasteiger partial charge in [-0.2, -0.15) is 0 Å². The molecule has 0 fully saturated rings. The maximum atomic E-state index is 5.38. The summed E-state index contributed by atoms with van der Waals surface area (Å²) in [6.45, 7) is 0.750. The number of imidazole rings is 1. The second-order valence-electron chi connectivity index (χ2n) is 3.90. The van der Waals surface area contributed by atoms with Gasteiger partial charge in [0.25, 0.3) is 0 Å². The Bertz CT molecular complexity index is 517. The van der Waals surface area contributed by atoms with Crippen LogP contribution in [0.1, 0.15) is 5.82 Å². The Labute approximate surface area is 116 Å². The van der Waals surface area contributed by atoms with Crippen molar-refractivity contribution < 1.29 is 0 Å². The van der Waals surface area contributed by atoms with Crippen LogP contribution in [0.2, 0.25) is 0 Å². The third-order valence-electron chi connectivity index (χ3n) is 2.61. The van der Waals surface area contributed by atoms with Gasteiger partial charge in [0.05, 0.1) is 0 Å². The van der Waals surface area contributed by atoms with Gasteiger partial charge >= 0.3 is 0 Å². The van der Waals surface area contributed by atoms with Crippen molar-refractivity contribution in [3.05, 3.63) is 24.3 Å². The summed E-state index contributed by atoms with van der Waals surface area (Å²) >= 11 is 1.47. The smallest absolute Gasteiger partial charge is 0.191 e. The van der Waals surface area contributed by atoms with Crippen LogP contribution in [0, 0.1) is 0 Å². The monoisotopic (exact) mass is 279 g/mol. The van der Waals surface area contributed by atoms with Gasteiger partial charge in [-0.1, -0.05) is 11.8 Å². The number of aromatic nitrogens is 4. The minimum Gasteiger partial charge on any atom is -0.369 e. The minimum absolute atomic E-state index is 0.596. The number of hydrogen-bond acceptors (Lipinski definition) is 7. The van der Waals surface area contributed by atoms with Gasteiger partial charge in [0.2, 0.25) is 0 Å². The van der Waals surface area contributed by atoms with Crippen LogP contribution in [0.15, 0.2) is 23.6 Å². The maximum Gasteiger partial charge on any atom is 0.191 e. The standard InChI is InChI=1S/C11H17N7S/c1-18-6-5-14-10(18)3-4-13-8-7-9(17-12)16-11(15-8)19-2/h5-7H,3-4,12H2,1-2H3,(H2,13,15,16,17). The van der Waals surface area contributed by atoms with E-state index in [2.05, 4.69) is 25.7 Å². The van der Waals surface area contributed by atoms with E-state index in [0.717, 1.165) is 24.6 Å². The van der Waals surface area contributed by atoms with E-state index in [1.54, 1.807) is 12.3 Å². The molecule has 2 heterocycles. The van der Waals surface area contributed by atoms with Gasteiger partial charge in [0.1, 0.15) is 17.5 Å². The number of nitrogens with two attached hydrogens (primary N) is 1. The molecule has 2 aromatic rings. The highest BCUT2D eigenvalue weighted by molar-refractivity contribution is 7.98. The highest BCUT2D eigenvalue weighted by atomic mass is 32.2. The van der Waals surface area contributed by atoms with E-state index in [4.69, 9.17) is 5.84 Å². The number of aryl methyl sites for hydroxylation is 1. The molecule has 0 aliphatic carbocycles. The Morgan fingerprint density at radius 2 is 2.16 bits per heavy atom. The molecule has 8 heteroatoms. The van der Waals surface area contributed by atoms with E-state index < -0.39 is 0 Å². The molecular weight excluding hydrogens is 262 g/mol. The predicted molar refractivity (Wildman–Crippen MR) is 77.0 cm³/mol. The number of anilines is 2. The van der Waals surface area contributed by atoms with Crippen LogP contribution in [-0.2, 0) is 13.5 Å². The van der Waals surface area contributed by atoms with E-state index in [9.17, 15) is 0 Å². The Morgan fingerprint density at radius 3 is 2.79 bits per heavy atom. The van der Waals surface area contributed by atoms with Crippen LogP contribution in [0.4, 0.5) is 11.6 Å². The van der Waals surface area contributed by atoms with Gasteiger partial charge in [-0.3, -0.25) is 0 Å². The fourth-order valence-corrected chi connectivity index (χ4v) is 2.00. The summed E-state index contributed by atoms with van der Waals surface area (Å²) in [5, 5.41) is 3.92. The van der Waals surface area contributed by atoms with Crippen LogP contribution >= 0.6 is 11.8 Å². The minimum atomic E-state index is 0.596. The number of nitrogen functional groups attached to an aromatic ring is 1. The summed E-state index contributed by atoms with van der Waals surface area (Å²) in [5.41, 5.74) is 2.53. The van der Waals surface area contributed by atoms with Crippen LogP contribution in [0.25, 0.3) is 0 Å². The Kier molecular flexibility index (Phi) is 4.58. The summed E-state index contributed by atoms with van der Waals surface area (Å²) in [4.78, 5) is 12.8. The summed E-state index contributed by atoms with van der Waals surface area (Å²) in [7, 11) is 1.98. The van der Waals surface area contributed by atoms with Crippen molar-refractivity contribution in [1.29, 1.82) is 0 Å². The van der Waals surface area contributed by atoms with Gasteiger partial charge < -0.3 is 15.3 Å². The molecule has 0 radical (unpaired) electrons. The van der Waals surface area contributed by atoms with Crippen LogP contribution in [0.3, 0.4) is 0 Å². The lowest BCUT2D eigenvalue weighted by Gasteiger charge is -2.08. The summed E-state index contributed by atoms with van der Waals surface area (Å²) < 4.78 is 2.00. The molecule has 2 aromatic heterocycles. The molecule has 0 aliphatic heterocycles. The number of hydrazine groups is 1. The summed E-state index contributed by atoms with van der Waals surface area (Å²) in [6, 6.07) is 1.78. The molecule has 0 saturated heterocycles. The first-order chi connectivity index (χ1) is 9.22. The van der Waals surface area contributed by atoms with Crippen molar-refractivity contribution >= 4 is 23.4 Å². The second-order valence-corrected chi connectivity index (χ2v) is 4.67. The van der Waals surface area contributed by atoms with Crippen molar-refractivity contribution in [2.75, 3.05) is 23.5 Å². The normalized spacial score (nSPS) is 10.5. The molecule has 0 aliphatic rings. The van der Waals surface area contributed by atoms with Crippen LogP contribution < -0.4 is 16.6 Å². The molecule has 0 atom stereocenters. The molecule has 0 saturated carbocycles. The SMILES string of the molecule is CSc1nc(NN)cc(NCCc2nccn2C)n1. The summed E-state index contributed by atoms with van der Waals surface area (Å²) in [6.07, 6.45) is 6.48. The van der Waals surface area contributed by atoms with Crippen molar-refractivity contribution in [2.24, 2.45) is 12.9 Å². The first-order valence-corrected chi connectivity index (χ1v) is 7.05. The molecule has 102 valence electrons. The molecular formula is C11H17N7S. The summed E-state index contributed by atoms with van der Waals surface area (Å²) in [5.74, 6) is 7.76. The van der Waals surface area contributed by atoms with Gasteiger partial charge in [-0.25, -0.2) is 20.8 Å². The molecule has 7 nitrogen and oxygen atoms in total. The van der Waals surface area contributed by atoms with Crippen molar-refractivity contribution in [1.82, 2.24) is 19.5 Å². The topological polar surface area (TPSA) is 93.7 Å². The third-order valence-corrected chi connectivity index (χ3v) is 3.16. The third kappa shape index (κ3) is 3.58. The lowest BCUT2D eigenvalue weighted by molar-refractivity contribution is 0.787. The molecule has 0 bridgehead atoms. The first kappa shape index (κ1) is 13.6. The number of hydrogen-bond donors (Lipinski definition) is 3. The zero-order valence-corrected chi connectivity index (χ0v) is 11.7. The lowest BCUT2D eigenvalue weighted by Crippen LogP contribution is -2.13. The van der Waals surface area contributed by atoms with E-state index >= 15 is 0 Å². The number of rotatable bonds is 6. The molecule has 0 aromatic carbocycles. The van der Waals surface area contributed by atoms with E-state index in [-0.39, 0.29) is 0 Å². The molecule has 0 spiro atoms. The van der Waals surface area contributed by atoms with Gasteiger partial charge in [-0.05, 0) is 6.26 Å². The van der Waals surface area contributed by atoms with Gasteiger partial charge in [-0.15, -0.1) is 0 Å². The first-order valence-electron chi connectivity index (χ1n) is 5.82. The molecule has 19 heavy (non-hydrogen) atoms. The Balaban J connectivity index is 1.97. The Morgan fingerprint density at radius 1 is 1.37 bits per heavy atom. The average Bonchev–Trinajstić information content (AvgIpc) is 2.84. The number of nitrogens with zero attached hydrogens (tertiary/aromatic N) is 4. The second kappa shape index (κ2) is 6.39. The predicted octanol–water partition coefficient (Wildman–Crippen LogP) is 0.872. The molecule has 0 amide bonds. The highest BCUT2D eigenvalue weighted by Crippen LogP contribution is 2.16. The fourth-order valence-electron chi connectivity index (χ4n) is 1.62. The van der Waals surface area contributed by atoms with Crippen molar-refractivity contribution in [3.8, 4) is 0 Å². The quantitative estimate of drug-likeness (QED) is 0.313. The Hall–Kier alpha value is -1.80. The molecule has 0 unspecified atom stereocenters.